The van der Waals surface area contributed by atoms with Crippen LogP contribution in [-0.2, 0) is 11.3 Å². The van der Waals surface area contributed by atoms with Gasteiger partial charge in [0.15, 0.2) is 0 Å². The van der Waals surface area contributed by atoms with Crippen molar-refractivity contribution < 1.29 is 4.79 Å². The van der Waals surface area contributed by atoms with Gasteiger partial charge in [0.25, 0.3) is 0 Å². The van der Waals surface area contributed by atoms with Gasteiger partial charge in [-0.1, -0.05) is 18.9 Å². The Labute approximate surface area is 107 Å². The van der Waals surface area contributed by atoms with E-state index in [4.69, 9.17) is 5.73 Å². The smallest absolute Gasteiger partial charge is 0.227 e. The predicted molar refractivity (Wildman–Crippen MR) is 70.7 cm³/mol. The van der Waals surface area contributed by atoms with E-state index in [0.29, 0.717) is 6.54 Å². The van der Waals surface area contributed by atoms with Crippen LogP contribution in [-0.4, -0.2) is 23.9 Å². The van der Waals surface area contributed by atoms with E-state index in [1.54, 1.807) is 11.3 Å². The zero-order valence-corrected chi connectivity index (χ0v) is 11.1. The van der Waals surface area contributed by atoms with Gasteiger partial charge in [-0.25, -0.2) is 0 Å². The van der Waals surface area contributed by atoms with Gasteiger partial charge in [-0.15, -0.1) is 11.3 Å². The highest BCUT2D eigenvalue weighted by atomic mass is 32.1. The summed E-state index contributed by atoms with van der Waals surface area (Å²) in [5.41, 5.74) is 6.05. The largest absolute Gasteiger partial charge is 0.340 e. The molecule has 1 saturated carbocycles. The molecular weight excluding hydrogens is 232 g/mol. The van der Waals surface area contributed by atoms with Crippen LogP contribution in [0, 0.1) is 5.92 Å². The van der Waals surface area contributed by atoms with Gasteiger partial charge in [0.2, 0.25) is 5.91 Å². The lowest BCUT2D eigenvalue weighted by Crippen LogP contribution is -2.44. The normalized spacial score (nSPS) is 24.6. The highest BCUT2D eigenvalue weighted by molar-refractivity contribution is 7.09. The third kappa shape index (κ3) is 3.07. The van der Waals surface area contributed by atoms with E-state index in [2.05, 4.69) is 6.07 Å². The van der Waals surface area contributed by atoms with Crippen molar-refractivity contribution in [2.45, 2.75) is 38.3 Å². The molecule has 1 heterocycles. The summed E-state index contributed by atoms with van der Waals surface area (Å²) in [6.07, 6.45) is 4.24. The topological polar surface area (TPSA) is 46.3 Å². The van der Waals surface area contributed by atoms with Crippen LogP contribution in [0.25, 0.3) is 0 Å². The lowest BCUT2D eigenvalue weighted by atomic mass is 9.84. The number of carbonyl (C=O) groups excluding carboxylic acids is 1. The van der Waals surface area contributed by atoms with E-state index < -0.39 is 0 Å². The highest BCUT2D eigenvalue weighted by Gasteiger charge is 2.30. The molecule has 2 N–H and O–H groups in total. The molecule has 1 fully saturated rings. The molecule has 0 unspecified atom stereocenters. The maximum atomic E-state index is 12.3. The summed E-state index contributed by atoms with van der Waals surface area (Å²) in [7, 11) is 1.88. The Hall–Kier alpha value is -0.870. The van der Waals surface area contributed by atoms with Gasteiger partial charge in [-0.3, -0.25) is 4.79 Å². The zero-order valence-electron chi connectivity index (χ0n) is 10.3. The molecule has 0 saturated heterocycles. The Morgan fingerprint density at radius 1 is 1.53 bits per heavy atom. The second-order valence-corrected chi connectivity index (χ2v) is 5.86. The zero-order chi connectivity index (χ0) is 12.3. The minimum absolute atomic E-state index is 0.0358. The average Bonchev–Trinajstić information content (AvgIpc) is 2.81. The van der Waals surface area contributed by atoms with Gasteiger partial charge in [0, 0.05) is 18.0 Å². The van der Waals surface area contributed by atoms with Crippen molar-refractivity contribution in [3.05, 3.63) is 22.4 Å². The van der Waals surface area contributed by atoms with Crippen LogP contribution in [0.1, 0.15) is 30.6 Å². The molecule has 1 aliphatic carbocycles. The number of nitrogens with two attached hydrogens (primary N) is 1. The fourth-order valence-corrected chi connectivity index (χ4v) is 3.22. The molecule has 0 aromatic carbocycles. The van der Waals surface area contributed by atoms with Crippen LogP contribution < -0.4 is 5.73 Å². The first kappa shape index (κ1) is 12.6. The standard InChI is InChI=1S/C13H20N2OS/c1-15(9-10-5-4-8-17-10)13(16)11-6-2-3-7-12(11)14/h4-5,8,11-12H,2-3,6-7,9,14H2,1H3/t11-,12+/m1/s1. The summed E-state index contributed by atoms with van der Waals surface area (Å²) in [5.74, 6) is 0.249. The van der Waals surface area contributed by atoms with Crippen molar-refractivity contribution in [3.63, 3.8) is 0 Å². The molecule has 2 atom stereocenters. The first-order valence-corrected chi connectivity index (χ1v) is 7.09. The SMILES string of the molecule is CN(Cc1cccs1)C(=O)[C@@H]1CCCC[C@@H]1N. The molecule has 1 aliphatic rings. The molecular formula is C13H20N2OS. The Kier molecular flexibility index (Phi) is 4.18. The number of carbonyl (C=O) groups is 1. The molecule has 0 radical (unpaired) electrons. The maximum Gasteiger partial charge on any atom is 0.227 e. The minimum atomic E-state index is 0.0358. The summed E-state index contributed by atoms with van der Waals surface area (Å²) < 4.78 is 0. The predicted octanol–water partition coefficient (Wildman–Crippen LogP) is 2.22. The molecule has 4 heteroatoms. The number of amides is 1. The second-order valence-electron chi connectivity index (χ2n) is 4.83. The Bertz CT molecular complexity index is 364. The Balaban J connectivity index is 1.94. The Morgan fingerprint density at radius 3 is 2.94 bits per heavy atom. The number of hydrogen-bond acceptors (Lipinski definition) is 3. The summed E-state index contributed by atoms with van der Waals surface area (Å²) in [6.45, 7) is 0.708. The maximum absolute atomic E-state index is 12.3. The van der Waals surface area contributed by atoms with E-state index in [1.165, 1.54) is 11.3 Å². The van der Waals surface area contributed by atoms with Crippen LogP contribution in [0.3, 0.4) is 0 Å². The molecule has 0 spiro atoms. The molecule has 94 valence electrons. The van der Waals surface area contributed by atoms with Gasteiger partial charge in [0.1, 0.15) is 0 Å². The van der Waals surface area contributed by atoms with Crippen molar-refractivity contribution in [1.82, 2.24) is 4.90 Å². The number of thiophene rings is 1. The summed E-state index contributed by atoms with van der Waals surface area (Å²) in [5, 5.41) is 2.04. The summed E-state index contributed by atoms with van der Waals surface area (Å²) in [4.78, 5) is 15.3. The van der Waals surface area contributed by atoms with Gasteiger partial charge in [-0.2, -0.15) is 0 Å². The van der Waals surface area contributed by atoms with E-state index in [1.807, 2.05) is 23.4 Å². The van der Waals surface area contributed by atoms with Crippen LogP contribution in [0.15, 0.2) is 17.5 Å². The first-order chi connectivity index (χ1) is 8.18. The molecule has 1 aromatic heterocycles. The van der Waals surface area contributed by atoms with Crippen LogP contribution in [0.2, 0.25) is 0 Å². The van der Waals surface area contributed by atoms with Crippen molar-refractivity contribution >= 4 is 17.2 Å². The fraction of sp³-hybridized carbons (Fsp3) is 0.615. The van der Waals surface area contributed by atoms with Crippen molar-refractivity contribution in [1.29, 1.82) is 0 Å². The van der Waals surface area contributed by atoms with Gasteiger partial charge in [-0.05, 0) is 24.3 Å². The van der Waals surface area contributed by atoms with Gasteiger partial charge >= 0.3 is 0 Å². The molecule has 1 amide bonds. The number of rotatable bonds is 3. The minimum Gasteiger partial charge on any atom is -0.340 e. The van der Waals surface area contributed by atoms with Gasteiger partial charge < -0.3 is 10.6 Å². The average molecular weight is 252 g/mol. The summed E-state index contributed by atoms with van der Waals surface area (Å²) in [6, 6.07) is 4.14. The quantitative estimate of drug-likeness (QED) is 0.896. The first-order valence-electron chi connectivity index (χ1n) is 6.21. The molecule has 17 heavy (non-hydrogen) atoms. The highest BCUT2D eigenvalue weighted by Crippen LogP contribution is 2.25. The summed E-state index contributed by atoms with van der Waals surface area (Å²) >= 11 is 1.69. The van der Waals surface area contributed by atoms with E-state index >= 15 is 0 Å². The fourth-order valence-electron chi connectivity index (χ4n) is 2.46. The second kappa shape index (κ2) is 5.65. The molecule has 1 aromatic rings. The monoisotopic (exact) mass is 252 g/mol. The van der Waals surface area contributed by atoms with Crippen LogP contribution >= 0.6 is 11.3 Å². The van der Waals surface area contributed by atoms with Crippen LogP contribution in [0.5, 0.6) is 0 Å². The lowest BCUT2D eigenvalue weighted by Gasteiger charge is -2.30. The Morgan fingerprint density at radius 2 is 2.29 bits per heavy atom. The number of nitrogens with zero attached hydrogens (tertiary/aromatic N) is 1. The van der Waals surface area contributed by atoms with Crippen molar-refractivity contribution in [2.24, 2.45) is 11.7 Å². The number of hydrogen-bond donors (Lipinski definition) is 1. The lowest BCUT2D eigenvalue weighted by molar-refractivity contribution is -0.136. The van der Waals surface area contributed by atoms with E-state index in [0.717, 1.165) is 19.3 Å². The van der Waals surface area contributed by atoms with Crippen molar-refractivity contribution in [2.75, 3.05) is 7.05 Å². The van der Waals surface area contributed by atoms with E-state index in [-0.39, 0.29) is 17.9 Å². The van der Waals surface area contributed by atoms with Crippen LogP contribution in [0.4, 0.5) is 0 Å². The molecule has 0 bridgehead atoms. The van der Waals surface area contributed by atoms with Crippen molar-refractivity contribution in [3.8, 4) is 0 Å². The molecule has 0 aliphatic heterocycles. The third-order valence-corrected chi connectivity index (χ3v) is 4.35. The molecule has 3 nitrogen and oxygen atoms in total. The van der Waals surface area contributed by atoms with E-state index in [9.17, 15) is 4.79 Å². The third-order valence-electron chi connectivity index (χ3n) is 3.49. The van der Waals surface area contributed by atoms with Gasteiger partial charge in [0.05, 0.1) is 12.5 Å². The molecule has 2 rings (SSSR count).